The molecule has 1 saturated heterocycles. The standard InChI is InChI=1S/C34H37ClFN6O2/c1-9-22-13-12-14-26(36)28(22)31-25(35)17-24-32(40-16-15-39(18-20(40)6)27(43)11-3)38-34(44)42-30(23(10-2)19(4)5)29(37-8)21(7)41(31)33(24)42/h9-14,17,19-21H,1,3,8,15-16,18H2,2,4-7H3/q+1/b23-10-/t20-,21?/m0/s1. The van der Waals surface area contributed by atoms with Crippen molar-refractivity contribution in [3.63, 3.8) is 0 Å². The Labute approximate surface area is 261 Å². The Hall–Kier alpha value is -4.37. The number of aliphatic imine (C=N–C) groups is 1. The number of aromatic nitrogens is 3. The molecule has 3 aromatic rings. The molecule has 2 atom stereocenters. The van der Waals surface area contributed by atoms with Crippen molar-refractivity contribution in [1.82, 2.24) is 14.5 Å². The fraction of sp³-hybridized carbons (Fsp3) is 0.324. The molecule has 228 valence electrons. The lowest BCUT2D eigenvalue weighted by Crippen LogP contribution is -2.55. The Bertz CT molecular complexity index is 1860. The van der Waals surface area contributed by atoms with Gasteiger partial charge in [-0.3, -0.25) is 9.79 Å². The van der Waals surface area contributed by atoms with Crippen LogP contribution in [0.3, 0.4) is 0 Å². The molecule has 0 aliphatic carbocycles. The zero-order valence-electron chi connectivity index (χ0n) is 25.8. The van der Waals surface area contributed by atoms with Gasteiger partial charge in [0.25, 0.3) is 0 Å². The van der Waals surface area contributed by atoms with Gasteiger partial charge in [0.2, 0.25) is 5.91 Å². The monoisotopic (exact) mass is 615 g/mol. The van der Waals surface area contributed by atoms with Gasteiger partial charge in [0.1, 0.15) is 22.9 Å². The summed E-state index contributed by atoms with van der Waals surface area (Å²) in [6.45, 7) is 22.7. The molecular weight excluding hydrogens is 579 g/mol. The molecule has 5 rings (SSSR count). The number of allylic oxidation sites excluding steroid dienone is 4. The van der Waals surface area contributed by atoms with E-state index in [0.29, 0.717) is 59.1 Å². The maximum atomic E-state index is 15.7. The van der Waals surface area contributed by atoms with Crippen molar-refractivity contribution in [2.75, 3.05) is 24.5 Å². The van der Waals surface area contributed by atoms with Gasteiger partial charge >= 0.3 is 11.3 Å². The van der Waals surface area contributed by atoms with Crippen LogP contribution in [0.4, 0.5) is 10.2 Å². The van der Waals surface area contributed by atoms with Gasteiger partial charge in [0.05, 0.1) is 10.6 Å². The summed E-state index contributed by atoms with van der Waals surface area (Å²) < 4.78 is 19.2. The second kappa shape index (κ2) is 12.0. The molecular formula is C34H37ClFN6O2+. The third-order valence-electron chi connectivity index (χ3n) is 8.57. The molecule has 44 heavy (non-hydrogen) atoms. The van der Waals surface area contributed by atoms with Crippen molar-refractivity contribution < 1.29 is 13.8 Å². The fourth-order valence-electron chi connectivity index (χ4n) is 6.56. The van der Waals surface area contributed by atoms with Crippen LogP contribution in [0.2, 0.25) is 5.02 Å². The molecule has 0 saturated carbocycles. The Balaban J connectivity index is 1.93. The van der Waals surface area contributed by atoms with E-state index in [-0.39, 0.29) is 28.5 Å². The van der Waals surface area contributed by atoms with Crippen molar-refractivity contribution in [3.05, 3.63) is 87.7 Å². The van der Waals surface area contributed by atoms with Crippen LogP contribution in [0.5, 0.6) is 0 Å². The van der Waals surface area contributed by atoms with Crippen molar-refractivity contribution in [3.8, 4) is 11.3 Å². The van der Waals surface area contributed by atoms with E-state index in [4.69, 9.17) is 11.6 Å². The number of rotatable bonds is 7. The molecule has 1 unspecified atom stereocenters. The van der Waals surface area contributed by atoms with Crippen LogP contribution in [0.15, 0.2) is 70.6 Å². The highest BCUT2D eigenvalue weighted by molar-refractivity contribution is 6.33. The van der Waals surface area contributed by atoms with E-state index in [1.54, 1.807) is 33.7 Å². The number of amides is 1. The van der Waals surface area contributed by atoms with Crippen LogP contribution in [-0.2, 0) is 4.79 Å². The topological polar surface area (TPSA) is 74.7 Å². The van der Waals surface area contributed by atoms with E-state index in [2.05, 4.69) is 43.7 Å². The summed E-state index contributed by atoms with van der Waals surface area (Å²) in [4.78, 5) is 39.5. The van der Waals surface area contributed by atoms with Gasteiger partial charge in [-0.2, -0.15) is 4.98 Å². The highest BCUT2D eigenvalue weighted by Gasteiger charge is 2.42. The van der Waals surface area contributed by atoms with Gasteiger partial charge in [-0.1, -0.05) is 62.9 Å². The number of anilines is 1. The molecule has 8 nitrogen and oxygen atoms in total. The van der Waals surface area contributed by atoms with E-state index in [1.807, 2.05) is 36.3 Å². The van der Waals surface area contributed by atoms with Crippen molar-refractivity contribution in [1.29, 1.82) is 0 Å². The summed E-state index contributed by atoms with van der Waals surface area (Å²) in [7, 11) is 0. The second-order valence-corrected chi connectivity index (χ2v) is 11.8. The first-order valence-corrected chi connectivity index (χ1v) is 15.1. The van der Waals surface area contributed by atoms with Crippen LogP contribution in [-0.4, -0.2) is 52.8 Å². The number of hydrogen-bond donors (Lipinski definition) is 0. The second-order valence-electron chi connectivity index (χ2n) is 11.4. The molecule has 0 radical (unpaired) electrons. The van der Waals surface area contributed by atoms with Gasteiger partial charge in [-0.15, -0.1) is 4.57 Å². The number of halogens is 2. The molecule has 0 spiro atoms. The summed E-state index contributed by atoms with van der Waals surface area (Å²) >= 11 is 7.11. The molecule has 2 aliphatic rings. The first-order valence-electron chi connectivity index (χ1n) is 14.7. The van der Waals surface area contributed by atoms with E-state index in [1.165, 1.54) is 12.1 Å². The Kier molecular flexibility index (Phi) is 8.44. The van der Waals surface area contributed by atoms with Crippen molar-refractivity contribution >= 4 is 52.8 Å². The molecule has 0 bridgehead atoms. The molecule has 10 heteroatoms. The summed E-state index contributed by atoms with van der Waals surface area (Å²) in [6.07, 6.45) is 4.87. The van der Waals surface area contributed by atoms with Gasteiger partial charge in [-0.25, -0.2) is 13.8 Å². The van der Waals surface area contributed by atoms with Gasteiger partial charge < -0.3 is 9.80 Å². The Morgan fingerprint density at radius 1 is 1.25 bits per heavy atom. The predicted octanol–water partition coefficient (Wildman–Crippen LogP) is 6.06. The van der Waals surface area contributed by atoms with Gasteiger partial charge in [0.15, 0.2) is 17.2 Å². The third kappa shape index (κ3) is 4.79. The Morgan fingerprint density at radius 3 is 2.57 bits per heavy atom. The first-order chi connectivity index (χ1) is 21.0. The van der Waals surface area contributed by atoms with E-state index in [0.717, 1.165) is 5.57 Å². The number of nitrogens with zero attached hydrogens (tertiary/aromatic N) is 6. The first kappa shape index (κ1) is 31.1. The predicted molar refractivity (Wildman–Crippen MR) is 176 cm³/mol. The molecule has 0 N–H and O–H groups in total. The third-order valence-corrected chi connectivity index (χ3v) is 8.86. The largest absolute Gasteiger partial charge is 0.442 e. The zero-order chi connectivity index (χ0) is 32.0. The van der Waals surface area contributed by atoms with Gasteiger partial charge in [0, 0.05) is 25.7 Å². The van der Waals surface area contributed by atoms with Crippen LogP contribution < -0.4 is 15.2 Å². The lowest BCUT2D eigenvalue weighted by molar-refractivity contribution is -0.679. The molecule has 1 fully saturated rings. The van der Waals surface area contributed by atoms with Crippen molar-refractivity contribution in [2.24, 2.45) is 10.9 Å². The molecule has 1 aromatic carbocycles. The highest BCUT2D eigenvalue weighted by Crippen LogP contribution is 2.42. The quantitative estimate of drug-likeness (QED) is 0.184. The number of carbonyl (C=O) groups is 1. The van der Waals surface area contributed by atoms with E-state index < -0.39 is 17.5 Å². The van der Waals surface area contributed by atoms with E-state index >= 15 is 4.39 Å². The minimum Gasteiger partial charge on any atom is -0.349 e. The van der Waals surface area contributed by atoms with Crippen LogP contribution >= 0.6 is 11.6 Å². The molecule has 1 amide bonds. The smallest absolute Gasteiger partial charge is 0.349 e. The number of pyridine rings is 1. The molecule has 4 heterocycles. The minimum absolute atomic E-state index is 0.0494. The number of piperazine rings is 1. The summed E-state index contributed by atoms with van der Waals surface area (Å²) in [5, 5.41) is 0.901. The van der Waals surface area contributed by atoms with Crippen LogP contribution in [0, 0.1) is 11.7 Å². The SMILES string of the molecule is C=CC(=O)N1CCN(c2nc(=O)n3c4c2cc(Cl)c(-c2c(F)cccc2C=C)[n+]4C(C)C(N=C)=C3/C(=C\C)C(C)C)[C@@H](C)C1. The highest BCUT2D eigenvalue weighted by atomic mass is 35.5. The Morgan fingerprint density at radius 2 is 1.98 bits per heavy atom. The lowest BCUT2D eigenvalue weighted by Gasteiger charge is -2.40. The minimum atomic E-state index is -0.508. The van der Waals surface area contributed by atoms with Crippen LogP contribution in [0.1, 0.15) is 46.2 Å². The molecule has 2 aliphatic heterocycles. The summed E-state index contributed by atoms with van der Waals surface area (Å²) in [5.74, 6) is -0.118. The van der Waals surface area contributed by atoms with E-state index in [9.17, 15) is 9.59 Å². The van der Waals surface area contributed by atoms with Gasteiger partial charge in [-0.05, 0) is 62.8 Å². The molecule has 2 aromatic heterocycles. The number of carbonyl (C=O) groups excluding carboxylic acids is 1. The summed E-state index contributed by atoms with van der Waals surface area (Å²) in [6, 6.07) is 5.89. The zero-order valence-corrected chi connectivity index (χ0v) is 26.5. The maximum absolute atomic E-state index is 15.7. The average Bonchev–Trinajstić information content (AvgIpc) is 2.99. The number of benzene rings is 1. The maximum Gasteiger partial charge on any atom is 0.442 e. The van der Waals surface area contributed by atoms with Crippen molar-refractivity contribution in [2.45, 2.75) is 46.7 Å². The normalized spacial score (nSPS) is 18.7. The lowest BCUT2D eigenvalue weighted by atomic mass is 9.94. The summed E-state index contributed by atoms with van der Waals surface area (Å²) in [5.41, 5.74) is 3.29. The van der Waals surface area contributed by atoms with Crippen LogP contribution in [0.25, 0.3) is 34.1 Å². The average molecular weight is 616 g/mol. The number of hydrogen-bond acceptors (Lipinski definition) is 5. The fourth-order valence-corrected chi connectivity index (χ4v) is 6.85.